The van der Waals surface area contributed by atoms with Gasteiger partial charge < -0.3 is 4.74 Å². The quantitative estimate of drug-likeness (QED) is 0.370. The van der Waals surface area contributed by atoms with Crippen LogP contribution >= 0.6 is 35.1 Å². The lowest BCUT2D eigenvalue weighted by molar-refractivity contribution is -0.0328. The number of carbonyl (C=O) groups excluding carboxylic acids is 1. The Morgan fingerprint density at radius 1 is 1.00 bits per heavy atom. The summed E-state index contributed by atoms with van der Waals surface area (Å²) in [5, 5.41) is 0.614. The Kier molecular flexibility index (Phi) is 6.26. The fourth-order valence-corrected chi connectivity index (χ4v) is 2.85. The Morgan fingerprint density at radius 2 is 1.57 bits per heavy atom. The molecule has 0 unspecified atom stereocenters. The maximum Gasteiger partial charge on any atom is 0.446 e. The molecule has 0 heterocycles. The number of esters is 1. The van der Waals surface area contributed by atoms with Crippen LogP contribution < -0.4 is 0 Å². The lowest BCUT2D eigenvalue weighted by atomic mass is 10.2. The van der Waals surface area contributed by atoms with Crippen LogP contribution in [0, 0.1) is 0 Å². The molecule has 2 aromatic carbocycles. The van der Waals surface area contributed by atoms with Gasteiger partial charge in [0, 0.05) is 14.8 Å². The van der Waals surface area contributed by atoms with Crippen LogP contribution in [0.4, 0.5) is 13.2 Å². The predicted octanol–water partition coefficient (Wildman–Crippen LogP) is 5.86. The largest absolute Gasteiger partial charge is 0.451 e. The highest BCUT2D eigenvalue weighted by Crippen LogP contribution is 2.36. The Bertz CT molecular complexity index is 658. The minimum absolute atomic E-state index is 0.0181. The number of hydrogen-bond donors (Lipinski definition) is 0. The maximum absolute atomic E-state index is 12.2. The van der Waals surface area contributed by atoms with E-state index in [0.717, 1.165) is 4.90 Å². The van der Waals surface area contributed by atoms with Gasteiger partial charge in [-0.05, 0) is 60.3 Å². The van der Waals surface area contributed by atoms with Crippen molar-refractivity contribution in [3.63, 3.8) is 0 Å². The number of benzene rings is 2. The van der Waals surface area contributed by atoms with E-state index in [-0.39, 0.29) is 28.2 Å². The average molecular weight is 379 g/mol. The van der Waals surface area contributed by atoms with Crippen LogP contribution in [0.25, 0.3) is 0 Å². The molecule has 0 amide bonds. The molecule has 0 aromatic heterocycles. The monoisotopic (exact) mass is 378 g/mol. The average Bonchev–Trinajstić information content (AvgIpc) is 2.48. The molecule has 0 aliphatic carbocycles. The Morgan fingerprint density at radius 3 is 2.13 bits per heavy atom. The number of thioether (sulfide) groups is 2. The van der Waals surface area contributed by atoms with E-state index in [9.17, 15) is 18.0 Å². The summed E-state index contributed by atoms with van der Waals surface area (Å²) in [7, 11) is 0. The van der Waals surface area contributed by atoms with Crippen molar-refractivity contribution in [1.29, 1.82) is 0 Å². The van der Waals surface area contributed by atoms with Crippen LogP contribution in [0.15, 0.2) is 58.3 Å². The SMILES string of the molecule is O=C(OCSc1ccc(Cl)cc1)c1ccc(SC(F)(F)F)cc1. The van der Waals surface area contributed by atoms with E-state index in [1.165, 1.54) is 36.0 Å². The van der Waals surface area contributed by atoms with Crippen molar-refractivity contribution < 1.29 is 22.7 Å². The van der Waals surface area contributed by atoms with Crippen LogP contribution in [0.5, 0.6) is 0 Å². The van der Waals surface area contributed by atoms with Crippen molar-refractivity contribution >= 4 is 41.1 Å². The topological polar surface area (TPSA) is 26.3 Å². The molecule has 2 aromatic rings. The van der Waals surface area contributed by atoms with Crippen molar-refractivity contribution in [3.05, 3.63) is 59.1 Å². The normalized spacial score (nSPS) is 11.3. The van der Waals surface area contributed by atoms with Crippen LogP contribution in [-0.2, 0) is 4.74 Å². The molecular weight excluding hydrogens is 369 g/mol. The van der Waals surface area contributed by atoms with Gasteiger partial charge in [0.1, 0.15) is 5.94 Å². The minimum atomic E-state index is -4.35. The number of alkyl halides is 3. The highest BCUT2D eigenvalue weighted by atomic mass is 35.5. The van der Waals surface area contributed by atoms with E-state index < -0.39 is 11.5 Å². The third-order valence-electron chi connectivity index (χ3n) is 2.55. The van der Waals surface area contributed by atoms with Gasteiger partial charge in [0.25, 0.3) is 0 Å². The molecule has 0 atom stereocenters. The standard InChI is InChI=1S/C15H10ClF3O2S2/c16-11-3-7-12(8-4-11)22-9-21-14(20)10-1-5-13(6-2-10)23-15(17,18)19/h1-8H,9H2. The zero-order valence-electron chi connectivity index (χ0n) is 11.5. The van der Waals surface area contributed by atoms with E-state index >= 15 is 0 Å². The molecule has 0 aliphatic heterocycles. The Balaban J connectivity index is 1.84. The molecule has 8 heteroatoms. The number of hydrogen-bond acceptors (Lipinski definition) is 4. The van der Waals surface area contributed by atoms with E-state index in [1.54, 1.807) is 24.3 Å². The van der Waals surface area contributed by atoms with Crippen molar-refractivity contribution in [1.82, 2.24) is 0 Å². The maximum atomic E-state index is 12.2. The van der Waals surface area contributed by atoms with E-state index in [0.29, 0.717) is 5.02 Å². The summed E-state index contributed by atoms with van der Waals surface area (Å²) < 4.78 is 41.7. The second kappa shape index (κ2) is 7.99. The van der Waals surface area contributed by atoms with Gasteiger partial charge in [0.05, 0.1) is 5.56 Å². The van der Waals surface area contributed by atoms with Crippen molar-refractivity contribution in [2.24, 2.45) is 0 Å². The second-order valence-corrected chi connectivity index (χ2v) is 6.79. The van der Waals surface area contributed by atoms with Crippen molar-refractivity contribution in [2.75, 3.05) is 5.94 Å². The van der Waals surface area contributed by atoms with Gasteiger partial charge in [-0.3, -0.25) is 0 Å². The molecule has 0 N–H and O–H groups in total. The first-order valence-corrected chi connectivity index (χ1v) is 8.43. The zero-order valence-corrected chi connectivity index (χ0v) is 13.9. The van der Waals surface area contributed by atoms with E-state index in [4.69, 9.17) is 16.3 Å². The third-order valence-corrected chi connectivity index (χ3v) is 4.39. The van der Waals surface area contributed by atoms with Gasteiger partial charge in [-0.1, -0.05) is 23.4 Å². The molecule has 0 radical (unpaired) electrons. The van der Waals surface area contributed by atoms with Gasteiger partial charge in [-0.25, -0.2) is 4.79 Å². The number of rotatable bonds is 5. The lowest BCUT2D eigenvalue weighted by Crippen LogP contribution is -2.05. The number of halogens is 4. The van der Waals surface area contributed by atoms with Crippen LogP contribution in [0.3, 0.4) is 0 Å². The van der Waals surface area contributed by atoms with Gasteiger partial charge in [-0.2, -0.15) is 13.2 Å². The third kappa shape index (κ3) is 6.37. The van der Waals surface area contributed by atoms with Crippen LogP contribution in [0.1, 0.15) is 10.4 Å². The van der Waals surface area contributed by atoms with Crippen molar-refractivity contribution in [3.8, 4) is 0 Å². The second-order valence-electron chi connectivity index (χ2n) is 4.22. The summed E-state index contributed by atoms with van der Waals surface area (Å²) >= 11 is 6.84. The summed E-state index contributed by atoms with van der Waals surface area (Å²) in [6.45, 7) is 0. The summed E-state index contributed by atoms with van der Waals surface area (Å²) in [5.74, 6) is -0.491. The fourth-order valence-electron chi connectivity index (χ4n) is 1.56. The molecule has 122 valence electrons. The summed E-state index contributed by atoms with van der Waals surface area (Å²) in [5.41, 5.74) is -4.15. The molecule has 2 nitrogen and oxygen atoms in total. The summed E-state index contributed by atoms with van der Waals surface area (Å²) in [6.07, 6.45) is 0. The molecule has 23 heavy (non-hydrogen) atoms. The molecular formula is C15H10ClF3O2S2. The molecule has 0 bridgehead atoms. The molecule has 0 spiro atoms. The molecule has 0 aliphatic rings. The van der Waals surface area contributed by atoms with Crippen LogP contribution in [0.2, 0.25) is 5.02 Å². The highest BCUT2D eigenvalue weighted by Gasteiger charge is 2.29. The van der Waals surface area contributed by atoms with E-state index in [1.807, 2.05) is 0 Å². The van der Waals surface area contributed by atoms with Gasteiger partial charge in [0.2, 0.25) is 0 Å². The highest BCUT2D eigenvalue weighted by molar-refractivity contribution is 8.00. The lowest BCUT2D eigenvalue weighted by Gasteiger charge is -2.07. The number of ether oxygens (including phenoxy) is 1. The predicted molar refractivity (Wildman–Crippen MR) is 85.9 cm³/mol. The van der Waals surface area contributed by atoms with Gasteiger partial charge in [-0.15, -0.1) is 0 Å². The molecule has 0 saturated carbocycles. The fraction of sp³-hybridized carbons (Fsp3) is 0.133. The Labute approximate surface area is 144 Å². The van der Waals surface area contributed by atoms with Crippen molar-refractivity contribution in [2.45, 2.75) is 15.3 Å². The summed E-state index contributed by atoms with van der Waals surface area (Å²) in [6, 6.07) is 12.1. The minimum Gasteiger partial charge on any atom is -0.451 e. The van der Waals surface area contributed by atoms with Gasteiger partial charge in [0.15, 0.2) is 0 Å². The first kappa shape index (κ1) is 18.0. The smallest absolute Gasteiger partial charge is 0.446 e. The number of carbonyl (C=O) groups is 1. The molecule has 2 rings (SSSR count). The van der Waals surface area contributed by atoms with E-state index in [2.05, 4.69) is 0 Å². The first-order chi connectivity index (χ1) is 10.8. The first-order valence-electron chi connectivity index (χ1n) is 6.25. The van der Waals surface area contributed by atoms with Crippen LogP contribution in [-0.4, -0.2) is 17.4 Å². The molecule has 0 fully saturated rings. The van der Waals surface area contributed by atoms with Gasteiger partial charge >= 0.3 is 11.5 Å². The molecule has 0 saturated heterocycles. The Hall–Kier alpha value is -1.31. The zero-order chi connectivity index (χ0) is 16.9. The summed E-state index contributed by atoms with van der Waals surface area (Å²) in [4.78, 5) is 12.7.